The lowest BCUT2D eigenvalue weighted by Crippen LogP contribution is -2.23. The molecule has 3 N–H and O–H groups in total. The first-order valence-corrected chi connectivity index (χ1v) is 12.1. The predicted octanol–water partition coefficient (Wildman–Crippen LogP) is 4.35. The van der Waals surface area contributed by atoms with Crippen molar-refractivity contribution in [3.63, 3.8) is 0 Å². The zero-order valence-corrected chi connectivity index (χ0v) is 21.5. The molecule has 2 amide bonds. The second kappa shape index (κ2) is 14.7. The van der Waals surface area contributed by atoms with Crippen molar-refractivity contribution in [3.05, 3.63) is 106 Å². The maximum atomic E-state index is 11.9. The zero-order valence-electron chi connectivity index (χ0n) is 21.5. The molecule has 0 aliphatic heterocycles. The number of nitrogens with one attached hydrogen (secondary N) is 2. The first-order chi connectivity index (χ1) is 18.4. The normalized spacial score (nSPS) is 9.76. The van der Waals surface area contributed by atoms with Crippen LogP contribution in [0, 0.1) is 37.5 Å². The molecule has 0 saturated carbocycles. The standard InChI is InChI=1S/C31H30N2O5/c1-23-7-11-25(12-8-23)20-32-30(35)37-15-3-5-27-17-28(19-29(18-27)22-34)6-4-16-38-31(36)33-21-26-13-9-24(2)10-14-26/h7-14,17-19,34H,15-16,20-22H2,1-2H3,(H,32,35)(H,33,36). The van der Waals surface area contributed by atoms with Gasteiger partial charge in [-0.15, -0.1) is 0 Å². The van der Waals surface area contributed by atoms with Crippen LogP contribution >= 0.6 is 0 Å². The Morgan fingerprint density at radius 2 is 1.11 bits per heavy atom. The zero-order chi connectivity index (χ0) is 27.2. The number of aryl methyl sites for hydroxylation is 2. The molecule has 7 heteroatoms. The number of hydrogen-bond donors (Lipinski definition) is 3. The molecule has 0 aliphatic carbocycles. The monoisotopic (exact) mass is 510 g/mol. The molecule has 0 fully saturated rings. The van der Waals surface area contributed by atoms with Crippen LogP contribution in [-0.4, -0.2) is 30.5 Å². The van der Waals surface area contributed by atoms with Crippen LogP contribution in [0.25, 0.3) is 0 Å². The number of carbonyl (C=O) groups is 2. The van der Waals surface area contributed by atoms with E-state index in [-0.39, 0.29) is 19.8 Å². The first kappa shape index (κ1) is 27.9. The highest BCUT2D eigenvalue weighted by Gasteiger charge is 2.02. The number of aliphatic hydroxyl groups is 1. The number of aliphatic hydroxyl groups excluding tert-OH is 1. The van der Waals surface area contributed by atoms with Crippen LogP contribution < -0.4 is 10.6 Å². The molecule has 0 aliphatic rings. The minimum absolute atomic E-state index is 0.0877. The van der Waals surface area contributed by atoms with Crippen LogP contribution in [-0.2, 0) is 29.2 Å². The van der Waals surface area contributed by atoms with Crippen LogP contribution in [0.4, 0.5) is 9.59 Å². The van der Waals surface area contributed by atoms with Crippen molar-refractivity contribution in [2.75, 3.05) is 13.2 Å². The Labute approximate surface area is 223 Å². The third kappa shape index (κ3) is 10.1. The molecule has 3 aromatic rings. The van der Waals surface area contributed by atoms with Gasteiger partial charge in [0.05, 0.1) is 6.61 Å². The molecule has 0 spiro atoms. The number of hydrogen-bond acceptors (Lipinski definition) is 5. The Bertz CT molecular complexity index is 1260. The summed E-state index contributed by atoms with van der Waals surface area (Å²) in [6.45, 7) is 4.38. The minimum atomic E-state index is -0.557. The van der Waals surface area contributed by atoms with E-state index in [0.29, 0.717) is 29.8 Å². The number of alkyl carbamates (subject to hydrolysis) is 2. The van der Waals surface area contributed by atoms with Crippen molar-refractivity contribution in [2.24, 2.45) is 0 Å². The first-order valence-electron chi connectivity index (χ1n) is 12.1. The number of ether oxygens (including phenoxy) is 2. The van der Waals surface area contributed by atoms with Gasteiger partial charge in [-0.2, -0.15) is 0 Å². The average molecular weight is 511 g/mol. The maximum absolute atomic E-state index is 11.9. The summed E-state index contributed by atoms with van der Waals surface area (Å²) in [5.74, 6) is 11.4. The minimum Gasteiger partial charge on any atom is -0.436 e. The van der Waals surface area contributed by atoms with Crippen LogP contribution in [0.3, 0.4) is 0 Å². The highest BCUT2D eigenvalue weighted by Crippen LogP contribution is 2.09. The molecule has 38 heavy (non-hydrogen) atoms. The summed E-state index contributed by atoms with van der Waals surface area (Å²) in [6, 6.07) is 20.9. The third-order valence-electron chi connectivity index (χ3n) is 5.31. The van der Waals surface area contributed by atoms with E-state index in [1.54, 1.807) is 18.2 Å². The lowest BCUT2D eigenvalue weighted by atomic mass is 10.1. The van der Waals surface area contributed by atoms with E-state index in [1.165, 1.54) is 0 Å². The lowest BCUT2D eigenvalue weighted by Gasteiger charge is -2.05. The Morgan fingerprint density at radius 1 is 0.684 bits per heavy atom. The van der Waals surface area contributed by atoms with E-state index in [2.05, 4.69) is 34.3 Å². The second-order valence-electron chi connectivity index (χ2n) is 8.51. The topological polar surface area (TPSA) is 96.9 Å². The smallest absolute Gasteiger partial charge is 0.408 e. The third-order valence-corrected chi connectivity index (χ3v) is 5.31. The fourth-order valence-electron chi connectivity index (χ4n) is 3.27. The molecule has 3 rings (SSSR count). The summed E-state index contributed by atoms with van der Waals surface area (Å²) in [4.78, 5) is 23.8. The second-order valence-corrected chi connectivity index (χ2v) is 8.51. The van der Waals surface area contributed by atoms with Crippen molar-refractivity contribution in [3.8, 4) is 23.7 Å². The fraction of sp³-hybridized carbons (Fsp3) is 0.226. The van der Waals surface area contributed by atoms with Crippen molar-refractivity contribution >= 4 is 12.2 Å². The fourth-order valence-corrected chi connectivity index (χ4v) is 3.27. The molecule has 0 bridgehead atoms. The van der Waals surface area contributed by atoms with Crippen molar-refractivity contribution in [1.29, 1.82) is 0 Å². The Hall–Kier alpha value is -4.72. The van der Waals surface area contributed by atoms with Gasteiger partial charge in [-0.1, -0.05) is 83.3 Å². The van der Waals surface area contributed by atoms with E-state index in [1.807, 2.05) is 62.4 Å². The van der Waals surface area contributed by atoms with Crippen molar-refractivity contribution < 1.29 is 24.2 Å². The molecule has 0 atom stereocenters. The number of amides is 2. The maximum Gasteiger partial charge on any atom is 0.408 e. The van der Waals surface area contributed by atoms with Crippen LogP contribution in [0.15, 0.2) is 66.7 Å². The summed E-state index contributed by atoms with van der Waals surface area (Å²) in [5.41, 5.74) is 6.10. The Morgan fingerprint density at radius 3 is 1.50 bits per heavy atom. The van der Waals surface area contributed by atoms with E-state index < -0.39 is 12.2 Å². The quantitative estimate of drug-likeness (QED) is 0.411. The number of rotatable bonds is 7. The Kier molecular flexibility index (Phi) is 10.8. The molecular formula is C31H30N2O5. The van der Waals surface area contributed by atoms with Crippen molar-refractivity contribution in [2.45, 2.75) is 33.5 Å². The van der Waals surface area contributed by atoms with Crippen LogP contribution in [0.1, 0.15) is 38.9 Å². The number of carbonyl (C=O) groups excluding carboxylic acids is 2. The summed E-state index contributed by atoms with van der Waals surface area (Å²) >= 11 is 0. The molecule has 0 saturated heterocycles. The lowest BCUT2D eigenvalue weighted by molar-refractivity contribution is 0.158. The average Bonchev–Trinajstić information content (AvgIpc) is 2.92. The summed E-state index contributed by atoms with van der Waals surface area (Å²) < 4.78 is 10.2. The summed E-state index contributed by atoms with van der Waals surface area (Å²) in [6.07, 6.45) is -1.11. The van der Waals surface area contributed by atoms with Gasteiger partial charge in [-0.25, -0.2) is 9.59 Å². The van der Waals surface area contributed by atoms with Crippen LogP contribution in [0.5, 0.6) is 0 Å². The van der Waals surface area contributed by atoms with Gasteiger partial charge in [0, 0.05) is 24.2 Å². The molecule has 0 heterocycles. The molecule has 0 radical (unpaired) electrons. The molecule has 194 valence electrons. The molecular weight excluding hydrogens is 480 g/mol. The van der Waals surface area contributed by atoms with Gasteiger partial charge in [-0.05, 0) is 48.7 Å². The van der Waals surface area contributed by atoms with Gasteiger partial charge >= 0.3 is 12.2 Å². The SMILES string of the molecule is Cc1ccc(CNC(=O)OCC#Cc2cc(C#CCOC(=O)NCc3ccc(C)cc3)cc(CO)c2)cc1. The van der Waals surface area contributed by atoms with Gasteiger partial charge in [-0.3, -0.25) is 0 Å². The molecule has 0 unspecified atom stereocenters. The number of benzene rings is 3. The predicted molar refractivity (Wildman–Crippen MR) is 145 cm³/mol. The molecule has 7 nitrogen and oxygen atoms in total. The van der Waals surface area contributed by atoms with Crippen molar-refractivity contribution in [1.82, 2.24) is 10.6 Å². The van der Waals surface area contributed by atoms with Gasteiger partial charge in [0.15, 0.2) is 13.2 Å². The highest BCUT2D eigenvalue weighted by atomic mass is 16.6. The summed E-state index contributed by atoms with van der Waals surface area (Å²) in [7, 11) is 0. The Balaban J connectivity index is 1.45. The van der Waals surface area contributed by atoms with Gasteiger partial charge in [0.2, 0.25) is 0 Å². The molecule has 3 aromatic carbocycles. The van der Waals surface area contributed by atoms with Crippen LogP contribution in [0.2, 0.25) is 0 Å². The van der Waals surface area contributed by atoms with E-state index in [9.17, 15) is 14.7 Å². The summed E-state index contributed by atoms with van der Waals surface area (Å²) in [5, 5.41) is 14.9. The van der Waals surface area contributed by atoms with E-state index >= 15 is 0 Å². The van der Waals surface area contributed by atoms with Gasteiger partial charge < -0.3 is 25.2 Å². The largest absolute Gasteiger partial charge is 0.436 e. The highest BCUT2D eigenvalue weighted by molar-refractivity contribution is 5.67. The molecule has 0 aromatic heterocycles. The van der Waals surface area contributed by atoms with E-state index in [0.717, 1.165) is 22.3 Å². The van der Waals surface area contributed by atoms with Gasteiger partial charge in [0.25, 0.3) is 0 Å². The van der Waals surface area contributed by atoms with Gasteiger partial charge in [0.1, 0.15) is 0 Å². The van der Waals surface area contributed by atoms with E-state index in [4.69, 9.17) is 9.47 Å².